The van der Waals surface area contributed by atoms with E-state index in [-0.39, 0.29) is 12.2 Å². The van der Waals surface area contributed by atoms with Crippen molar-refractivity contribution in [1.82, 2.24) is 0 Å². The molecule has 0 radical (unpaired) electrons. The Morgan fingerprint density at radius 3 is 2.42 bits per heavy atom. The average molecular weight is 340 g/mol. The summed E-state index contributed by atoms with van der Waals surface area (Å²) in [4.78, 5) is 0. The Hall–Kier alpha value is -2.21. The Balaban J connectivity index is 2.15. The van der Waals surface area contributed by atoms with Crippen molar-refractivity contribution in [2.24, 2.45) is 0 Å². The van der Waals surface area contributed by atoms with Crippen LogP contribution in [0.5, 0.6) is 11.5 Å². The molecule has 3 nitrogen and oxygen atoms in total. The van der Waals surface area contributed by atoms with Crippen molar-refractivity contribution in [2.75, 3.05) is 0 Å². The van der Waals surface area contributed by atoms with Crippen LogP contribution in [0, 0.1) is 6.92 Å². The van der Waals surface area contributed by atoms with E-state index in [1.807, 2.05) is 6.92 Å². The predicted molar refractivity (Wildman–Crippen MR) is 83.9 cm³/mol. The van der Waals surface area contributed by atoms with Crippen molar-refractivity contribution < 1.29 is 27.8 Å². The SMILES string of the molecule is CCC(O)Oc1cc(C)cc(OCc2ccccc2C(F)(F)F)c1. The van der Waals surface area contributed by atoms with Gasteiger partial charge in [0, 0.05) is 18.1 Å². The minimum absolute atomic E-state index is 0.0579. The quantitative estimate of drug-likeness (QED) is 0.775. The average Bonchev–Trinajstić information content (AvgIpc) is 2.51. The van der Waals surface area contributed by atoms with Crippen LogP contribution < -0.4 is 9.47 Å². The molecule has 6 heteroatoms. The number of benzene rings is 2. The van der Waals surface area contributed by atoms with Crippen LogP contribution in [0.15, 0.2) is 42.5 Å². The molecule has 0 saturated carbocycles. The van der Waals surface area contributed by atoms with E-state index in [1.165, 1.54) is 18.2 Å². The highest BCUT2D eigenvalue weighted by atomic mass is 19.4. The molecule has 1 unspecified atom stereocenters. The lowest BCUT2D eigenvalue weighted by Crippen LogP contribution is -2.13. The van der Waals surface area contributed by atoms with Crippen molar-refractivity contribution in [3.63, 3.8) is 0 Å². The summed E-state index contributed by atoms with van der Waals surface area (Å²) in [6.07, 6.45) is -4.94. The van der Waals surface area contributed by atoms with Crippen molar-refractivity contribution in [2.45, 2.75) is 39.3 Å². The number of alkyl halides is 3. The highest BCUT2D eigenvalue weighted by molar-refractivity contribution is 5.38. The van der Waals surface area contributed by atoms with E-state index in [1.54, 1.807) is 25.1 Å². The van der Waals surface area contributed by atoms with Crippen LogP contribution >= 0.6 is 0 Å². The minimum atomic E-state index is -4.42. The summed E-state index contributed by atoms with van der Waals surface area (Å²) < 4.78 is 49.8. The van der Waals surface area contributed by atoms with Gasteiger partial charge < -0.3 is 14.6 Å². The topological polar surface area (TPSA) is 38.7 Å². The van der Waals surface area contributed by atoms with E-state index in [9.17, 15) is 18.3 Å². The van der Waals surface area contributed by atoms with Gasteiger partial charge >= 0.3 is 6.18 Å². The van der Waals surface area contributed by atoms with Gasteiger partial charge in [0.05, 0.1) is 5.56 Å². The third-order valence-electron chi connectivity index (χ3n) is 3.36. The first kappa shape index (κ1) is 18.1. The van der Waals surface area contributed by atoms with Crippen molar-refractivity contribution in [3.8, 4) is 11.5 Å². The molecule has 0 amide bonds. The second kappa shape index (κ2) is 7.57. The Morgan fingerprint density at radius 1 is 1.08 bits per heavy atom. The van der Waals surface area contributed by atoms with Crippen molar-refractivity contribution in [3.05, 3.63) is 59.2 Å². The first-order valence-electron chi connectivity index (χ1n) is 7.54. The van der Waals surface area contributed by atoms with E-state index >= 15 is 0 Å². The molecular formula is C18H19F3O3. The lowest BCUT2D eigenvalue weighted by molar-refractivity contribution is -0.138. The lowest BCUT2D eigenvalue weighted by atomic mass is 10.1. The van der Waals surface area contributed by atoms with Gasteiger partial charge in [-0.15, -0.1) is 0 Å². The zero-order valence-corrected chi connectivity index (χ0v) is 13.4. The molecule has 2 aromatic carbocycles. The highest BCUT2D eigenvalue weighted by Crippen LogP contribution is 2.32. The molecule has 0 bridgehead atoms. The zero-order chi connectivity index (χ0) is 17.7. The van der Waals surface area contributed by atoms with Gasteiger partial charge in [0.2, 0.25) is 0 Å². The number of hydrogen-bond acceptors (Lipinski definition) is 3. The summed E-state index contributed by atoms with van der Waals surface area (Å²) in [5.74, 6) is 0.786. The number of hydrogen-bond donors (Lipinski definition) is 1. The summed E-state index contributed by atoms with van der Waals surface area (Å²) in [5, 5.41) is 9.54. The number of halogens is 3. The molecule has 1 N–H and O–H groups in total. The molecule has 0 aliphatic rings. The molecule has 130 valence electrons. The number of aliphatic hydroxyl groups excluding tert-OH is 1. The van der Waals surface area contributed by atoms with Gasteiger partial charge in [0.15, 0.2) is 6.29 Å². The molecule has 0 aromatic heterocycles. The number of ether oxygens (including phenoxy) is 2. The molecule has 2 rings (SSSR count). The second-order valence-electron chi connectivity index (χ2n) is 5.41. The maximum absolute atomic E-state index is 13.0. The van der Waals surface area contributed by atoms with Crippen LogP contribution in [0.1, 0.15) is 30.0 Å². The monoisotopic (exact) mass is 340 g/mol. The highest BCUT2D eigenvalue weighted by Gasteiger charge is 2.32. The smallest absolute Gasteiger partial charge is 0.416 e. The van der Waals surface area contributed by atoms with E-state index in [0.717, 1.165) is 11.6 Å². The van der Waals surface area contributed by atoms with Crippen LogP contribution in [0.3, 0.4) is 0 Å². The minimum Gasteiger partial charge on any atom is -0.489 e. The summed E-state index contributed by atoms with van der Waals surface area (Å²) in [5.41, 5.74) is 0.160. The van der Waals surface area contributed by atoms with Gasteiger partial charge in [-0.1, -0.05) is 25.1 Å². The van der Waals surface area contributed by atoms with E-state index in [4.69, 9.17) is 9.47 Å². The van der Waals surface area contributed by atoms with Crippen LogP contribution in [0.4, 0.5) is 13.2 Å². The number of aliphatic hydroxyl groups is 1. The molecule has 0 spiro atoms. The summed E-state index contributed by atoms with van der Waals surface area (Å²) in [6, 6.07) is 10.3. The fourth-order valence-electron chi connectivity index (χ4n) is 2.19. The Morgan fingerprint density at radius 2 is 1.75 bits per heavy atom. The predicted octanol–water partition coefficient (Wildman–Crippen LogP) is 4.70. The fourth-order valence-corrected chi connectivity index (χ4v) is 2.19. The molecule has 1 atom stereocenters. The maximum Gasteiger partial charge on any atom is 0.416 e. The zero-order valence-electron chi connectivity index (χ0n) is 13.4. The van der Waals surface area contributed by atoms with Gasteiger partial charge in [0.25, 0.3) is 0 Å². The number of aryl methyl sites for hydroxylation is 1. The molecule has 0 fully saturated rings. The standard InChI is InChI=1S/C18H19F3O3/c1-3-17(22)24-15-9-12(2)8-14(10-15)23-11-13-6-4-5-7-16(13)18(19,20)21/h4-10,17,22H,3,11H2,1-2H3. The van der Waals surface area contributed by atoms with Gasteiger partial charge in [0.1, 0.15) is 18.1 Å². The van der Waals surface area contributed by atoms with Crippen molar-refractivity contribution >= 4 is 0 Å². The van der Waals surface area contributed by atoms with Crippen LogP contribution in [0.2, 0.25) is 0 Å². The third-order valence-corrected chi connectivity index (χ3v) is 3.36. The van der Waals surface area contributed by atoms with Crippen LogP contribution in [-0.4, -0.2) is 11.4 Å². The van der Waals surface area contributed by atoms with Gasteiger partial charge in [-0.05, 0) is 30.7 Å². The Labute approximate surface area is 138 Å². The van der Waals surface area contributed by atoms with E-state index in [0.29, 0.717) is 17.9 Å². The number of rotatable bonds is 6. The molecule has 0 aliphatic heterocycles. The van der Waals surface area contributed by atoms with Gasteiger partial charge in [-0.3, -0.25) is 0 Å². The molecule has 2 aromatic rings. The molecule has 0 heterocycles. The Kier molecular flexibility index (Phi) is 5.72. The molecule has 0 aliphatic carbocycles. The molecule has 0 saturated heterocycles. The summed E-state index contributed by atoms with van der Waals surface area (Å²) in [6.45, 7) is 3.36. The summed E-state index contributed by atoms with van der Waals surface area (Å²) in [7, 11) is 0. The largest absolute Gasteiger partial charge is 0.489 e. The second-order valence-corrected chi connectivity index (χ2v) is 5.41. The molecule has 24 heavy (non-hydrogen) atoms. The van der Waals surface area contributed by atoms with E-state index in [2.05, 4.69) is 0 Å². The van der Waals surface area contributed by atoms with E-state index < -0.39 is 18.0 Å². The van der Waals surface area contributed by atoms with Gasteiger partial charge in [-0.2, -0.15) is 13.2 Å². The summed E-state index contributed by atoms with van der Waals surface area (Å²) >= 11 is 0. The fraction of sp³-hybridized carbons (Fsp3) is 0.333. The van der Waals surface area contributed by atoms with Crippen LogP contribution in [-0.2, 0) is 12.8 Å². The normalized spacial score (nSPS) is 12.8. The first-order valence-corrected chi connectivity index (χ1v) is 7.54. The Bertz CT molecular complexity index is 683. The lowest BCUT2D eigenvalue weighted by Gasteiger charge is -2.16. The first-order chi connectivity index (χ1) is 11.3. The maximum atomic E-state index is 13.0. The van der Waals surface area contributed by atoms with Crippen LogP contribution in [0.25, 0.3) is 0 Å². The van der Waals surface area contributed by atoms with Gasteiger partial charge in [-0.25, -0.2) is 0 Å². The van der Waals surface area contributed by atoms with Crippen molar-refractivity contribution in [1.29, 1.82) is 0 Å². The third kappa shape index (κ3) is 4.89. The molecular weight excluding hydrogens is 321 g/mol.